The second-order valence-corrected chi connectivity index (χ2v) is 7.08. The number of rotatable bonds is 4. The third-order valence-corrected chi connectivity index (χ3v) is 4.99. The number of aromatic nitrogens is 2. The molecule has 1 aromatic carbocycles. The smallest absolute Gasteiger partial charge is 0.411 e. The van der Waals surface area contributed by atoms with Crippen LogP contribution in [0.15, 0.2) is 28.7 Å². The number of hydrogen-bond donors (Lipinski definition) is 1. The summed E-state index contributed by atoms with van der Waals surface area (Å²) in [6.07, 6.45) is -4.38. The standard InChI is InChI=1S/C17H17BrF3N3O3/c1-26-16(25)12-13(9-2-4-11(18)5-3-9)23-24(15(12)22)14(17(19,20)21)10-6-7-27-8-10/h2-5,10,14H,6-8,22H2,1H3. The van der Waals surface area contributed by atoms with E-state index in [1.807, 2.05) is 0 Å². The number of nitrogen functional groups attached to an aromatic ring is 1. The maximum absolute atomic E-state index is 13.8. The first kappa shape index (κ1) is 19.7. The van der Waals surface area contributed by atoms with E-state index in [4.69, 9.17) is 15.2 Å². The van der Waals surface area contributed by atoms with Crippen molar-refractivity contribution in [2.75, 3.05) is 26.1 Å². The van der Waals surface area contributed by atoms with Gasteiger partial charge in [-0.15, -0.1) is 0 Å². The van der Waals surface area contributed by atoms with Crippen LogP contribution in [-0.4, -0.2) is 42.2 Å². The molecule has 6 nitrogen and oxygen atoms in total. The Morgan fingerprint density at radius 3 is 2.59 bits per heavy atom. The van der Waals surface area contributed by atoms with Gasteiger partial charge in [-0.05, 0) is 18.6 Å². The molecule has 1 aliphatic rings. The monoisotopic (exact) mass is 447 g/mol. The summed E-state index contributed by atoms with van der Waals surface area (Å²) in [5.41, 5.74) is 6.27. The van der Waals surface area contributed by atoms with Crippen molar-refractivity contribution in [2.24, 2.45) is 5.92 Å². The van der Waals surface area contributed by atoms with Crippen LogP contribution in [0.25, 0.3) is 11.3 Å². The van der Waals surface area contributed by atoms with Crippen LogP contribution >= 0.6 is 15.9 Å². The Hall–Kier alpha value is -2.07. The highest BCUT2D eigenvalue weighted by Crippen LogP contribution is 2.42. The molecule has 3 rings (SSSR count). The Morgan fingerprint density at radius 1 is 1.41 bits per heavy atom. The predicted octanol–water partition coefficient (Wildman–Crippen LogP) is 3.82. The normalized spacial score (nSPS) is 18.5. The molecule has 1 aliphatic heterocycles. The minimum Gasteiger partial charge on any atom is -0.465 e. The zero-order valence-electron chi connectivity index (χ0n) is 14.3. The summed E-state index contributed by atoms with van der Waals surface area (Å²) >= 11 is 3.29. The summed E-state index contributed by atoms with van der Waals surface area (Å²) in [5.74, 6) is -2.07. The molecular formula is C17H17BrF3N3O3. The second-order valence-electron chi connectivity index (χ2n) is 6.16. The summed E-state index contributed by atoms with van der Waals surface area (Å²) in [6, 6.07) is 4.65. The van der Waals surface area contributed by atoms with Crippen LogP contribution in [0.2, 0.25) is 0 Å². The van der Waals surface area contributed by atoms with Crippen molar-refractivity contribution in [1.82, 2.24) is 9.78 Å². The Morgan fingerprint density at radius 2 is 2.07 bits per heavy atom. The third-order valence-electron chi connectivity index (χ3n) is 4.46. The Balaban J connectivity index is 2.18. The molecule has 1 saturated heterocycles. The molecular weight excluding hydrogens is 431 g/mol. The number of anilines is 1. The second kappa shape index (κ2) is 7.51. The zero-order chi connectivity index (χ0) is 19.8. The first-order chi connectivity index (χ1) is 12.7. The van der Waals surface area contributed by atoms with Crippen molar-refractivity contribution in [3.63, 3.8) is 0 Å². The first-order valence-electron chi connectivity index (χ1n) is 8.10. The van der Waals surface area contributed by atoms with E-state index in [2.05, 4.69) is 21.0 Å². The first-order valence-corrected chi connectivity index (χ1v) is 8.90. The highest BCUT2D eigenvalue weighted by atomic mass is 79.9. The summed E-state index contributed by atoms with van der Waals surface area (Å²) < 4.78 is 52.8. The zero-order valence-corrected chi connectivity index (χ0v) is 15.9. The number of alkyl halides is 3. The number of carbonyl (C=O) groups is 1. The number of nitrogens with zero attached hydrogens (tertiary/aromatic N) is 2. The van der Waals surface area contributed by atoms with E-state index in [0.717, 1.165) is 11.6 Å². The number of hydrogen-bond acceptors (Lipinski definition) is 5. The third kappa shape index (κ3) is 3.81. The van der Waals surface area contributed by atoms with Gasteiger partial charge in [0.05, 0.1) is 13.7 Å². The lowest BCUT2D eigenvalue weighted by atomic mass is 9.98. The number of methoxy groups -OCH3 is 1. The van der Waals surface area contributed by atoms with Crippen molar-refractivity contribution in [3.05, 3.63) is 34.3 Å². The average molecular weight is 448 g/mol. The Kier molecular flexibility index (Phi) is 5.48. The van der Waals surface area contributed by atoms with Gasteiger partial charge in [0.2, 0.25) is 0 Å². The van der Waals surface area contributed by atoms with Crippen molar-refractivity contribution < 1.29 is 27.4 Å². The van der Waals surface area contributed by atoms with Gasteiger partial charge in [-0.1, -0.05) is 28.1 Å². The molecule has 2 unspecified atom stereocenters. The molecule has 1 aromatic heterocycles. The van der Waals surface area contributed by atoms with Crippen LogP contribution in [0.5, 0.6) is 0 Å². The largest absolute Gasteiger partial charge is 0.465 e. The molecule has 2 N–H and O–H groups in total. The van der Waals surface area contributed by atoms with Crippen LogP contribution < -0.4 is 5.73 Å². The fourth-order valence-electron chi connectivity index (χ4n) is 3.18. The van der Waals surface area contributed by atoms with E-state index in [1.54, 1.807) is 24.3 Å². The van der Waals surface area contributed by atoms with Gasteiger partial charge in [-0.25, -0.2) is 9.48 Å². The van der Waals surface area contributed by atoms with Gasteiger partial charge in [-0.2, -0.15) is 18.3 Å². The van der Waals surface area contributed by atoms with Gasteiger partial charge in [0.25, 0.3) is 0 Å². The molecule has 0 aliphatic carbocycles. The van der Waals surface area contributed by atoms with Crippen LogP contribution in [0, 0.1) is 5.92 Å². The lowest BCUT2D eigenvalue weighted by molar-refractivity contribution is -0.183. The highest BCUT2D eigenvalue weighted by molar-refractivity contribution is 9.10. The van der Waals surface area contributed by atoms with Gasteiger partial charge in [0.1, 0.15) is 17.1 Å². The molecule has 0 amide bonds. The van der Waals surface area contributed by atoms with Crippen LogP contribution in [0.1, 0.15) is 22.8 Å². The number of esters is 1. The van der Waals surface area contributed by atoms with Gasteiger partial charge < -0.3 is 15.2 Å². The molecule has 27 heavy (non-hydrogen) atoms. The molecule has 2 heterocycles. The van der Waals surface area contributed by atoms with Gasteiger partial charge in [-0.3, -0.25) is 0 Å². The van der Waals surface area contributed by atoms with E-state index < -0.39 is 24.1 Å². The van der Waals surface area contributed by atoms with Gasteiger partial charge >= 0.3 is 12.1 Å². The number of halogens is 4. The lowest BCUT2D eigenvalue weighted by Crippen LogP contribution is -2.35. The highest BCUT2D eigenvalue weighted by Gasteiger charge is 2.49. The lowest BCUT2D eigenvalue weighted by Gasteiger charge is -2.26. The average Bonchev–Trinajstić information content (AvgIpc) is 3.23. The van der Waals surface area contributed by atoms with Crippen molar-refractivity contribution in [2.45, 2.75) is 18.6 Å². The van der Waals surface area contributed by atoms with Crippen LogP contribution in [0.3, 0.4) is 0 Å². The molecule has 1 fully saturated rings. The maximum Gasteiger partial charge on any atom is 0.411 e. The van der Waals surface area contributed by atoms with E-state index in [-0.39, 0.29) is 36.7 Å². The van der Waals surface area contributed by atoms with Crippen molar-refractivity contribution in [3.8, 4) is 11.3 Å². The minimum absolute atomic E-state index is 0.0417. The molecule has 2 aromatic rings. The minimum atomic E-state index is -4.61. The van der Waals surface area contributed by atoms with E-state index in [0.29, 0.717) is 10.2 Å². The fraction of sp³-hybridized carbons (Fsp3) is 0.412. The van der Waals surface area contributed by atoms with Crippen LogP contribution in [0.4, 0.5) is 19.0 Å². The molecule has 0 saturated carbocycles. The molecule has 0 spiro atoms. The molecule has 10 heteroatoms. The number of ether oxygens (including phenoxy) is 2. The quantitative estimate of drug-likeness (QED) is 0.720. The summed E-state index contributed by atoms with van der Waals surface area (Å²) in [7, 11) is 1.14. The summed E-state index contributed by atoms with van der Waals surface area (Å²) in [4.78, 5) is 12.2. The molecule has 2 atom stereocenters. The summed E-state index contributed by atoms with van der Waals surface area (Å²) in [6.45, 7) is 0.187. The summed E-state index contributed by atoms with van der Waals surface area (Å²) in [5, 5.41) is 4.09. The van der Waals surface area contributed by atoms with Crippen molar-refractivity contribution >= 4 is 27.7 Å². The van der Waals surface area contributed by atoms with E-state index in [9.17, 15) is 18.0 Å². The van der Waals surface area contributed by atoms with Crippen molar-refractivity contribution in [1.29, 1.82) is 0 Å². The number of benzene rings is 1. The fourth-order valence-corrected chi connectivity index (χ4v) is 3.44. The Bertz CT molecular complexity index is 830. The SMILES string of the molecule is COC(=O)c1c(-c2ccc(Br)cc2)nn(C(C2CCOC2)C(F)(F)F)c1N. The van der Waals surface area contributed by atoms with E-state index in [1.165, 1.54) is 0 Å². The van der Waals surface area contributed by atoms with Crippen LogP contribution in [-0.2, 0) is 9.47 Å². The Labute approximate surface area is 161 Å². The molecule has 146 valence electrons. The molecule has 0 radical (unpaired) electrons. The topological polar surface area (TPSA) is 79.4 Å². The number of carbonyl (C=O) groups excluding carboxylic acids is 1. The maximum atomic E-state index is 13.8. The van der Waals surface area contributed by atoms with E-state index >= 15 is 0 Å². The number of nitrogens with two attached hydrogens (primary N) is 1. The van der Waals surface area contributed by atoms with Gasteiger partial charge in [0, 0.05) is 22.6 Å². The van der Waals surface area contributed by atoms with Gasteiger partial charge in [0.15, 0.2) is 6.04 Å². The molecule has 0 bridgehead atoms. The predicted molar refractivity (Wildman–Crippen MR) is 95.1 cm³/mol.